The molecule has 0 atom stereocenters. The number of carbonyl (C=O) groups is 1. The number of hydrogen-bond donors (Lipinski definition) is 1. The van der Waals surface area contributed by atoms with Crippen LogP contribution in [0, 0.1) is 13.8 Å². The van der Waals surface area contributed by atoms with E-state index in [4.69, 9.17) is 4.74 Å². The molecule has 4 rings (SSSR count). The summed E-state index contributed by atoms with van der Waals surface area (Å²) in [5.41, 5.74) is 5.32. The number of morpholine rings is 1. The summed E-state index contributed by atoms with van der Waals surface area (Å²) in [5, 5.41) is 11.9. The molecule has 0 unspecified atom stereocenters. The van der Waals surface area contributed by atoms with Gasteiger partial charge >= 0.3 is 0 Å². The second-order valence-electron chi connectivity index (χ2n) is 7.24. The van der Waals surface area contributed by atoms with Crippen LogP contribution in [0.25, 0.3) is 5.69 Å². The van der Waals surface area contributed by atoms with Gasteiger partial charge in [0.2, 0.25) is 5.91 Å². The van der Waals surface area contributed by atoms with Crippen molar-refractivity contribution >= 4 is 29.0 Å². The second kappa shape index (κ2) is 9.32. The Balaban J connectivity index is 1.38. The molecule has 1 N–H and O–H groups in total. The fraction of sp³-hybridized carbons (Fsp3) is 0.318. The molecule has 0 spiro atoms. The van der Waals surface area contributed by atoms with E-state index in [1.54, 1.807) is 6.33 Å². The van der Waals surface area contributed by atoms with Crippen molar-refractivity contribution in [2.24, 2.45) is 0 Å². The Bertz CT molecular complexity index is 1030. The molecule has 156 valence electrons. The smallest absolute Gasteiger partial charge is 0.234 e. The summed E-state index contributed by atoms with van der Waals surface area (Å²) in [7, 11) is 0. The van der Waals surface area contributed by atoms with Gasteiger partial charge in [-0.2, -0.15) is 0 Å². The highest BCUT2D eigenvalue weighted by Gasteiger charge is 2.13. The first-order valence-electron chi connectivity index (χ1n) is 9.93. The van der Waals surface area contributed by atoms with Gasteiger partial charge in [-0.3, -0.25) is 9.36 Å². The Labute approximate surface area is 180 Å². The van der Waals surface area contributed by atoms with Crippen molar-refractivity contribution in [3.8, 4) is 5.69 Å². The first kappa shape index (κ1) is 20.4. The van der Waals surface area contributed by atoms with Crippen LogP contribution in [0.2, 0.25) is 0 Å². The van der Waals surface area contributed by atoms with Gasteiger partial charge in [-0.05, 0) is 55.3 Å². The Morgan fingerprint density at radius 1 is 1.10 bits per heavy atom. The predicted molar refractivity (Wildman–Crippen MR) is 120 cm³/mol. The molecule has 1 saturated heterocycles. The van der Waals surface area contributed by atoms with E-state index in [9.17, 15) is 4.79 Å². The fourth-order valence-electron chi connectivity index (χ4n) is 3.30. The molecule has 2 heterocycles. The van der Waals surface area contributed by atoms with Gasteiger partial charge in [0.25, 0.3) is 0 Å². The molecular weight excluding hydrogens is 398 g/mol. The molecular formula is C22H25N5O2S. The average Bonchev–Trinajstić information content (AvgIpc) is 3.24. The minimum absolute atomic E-state index is 0.0752. The summed E-state index contributed by atoms with van der Waals surface area (Å²) in [6, 6.07) is 14.1. The molecule has 0 bridgehead atoms. The third-order valence-electron chi connectivity index (χ3n) is 5.12. The maximum absolute atomic E-state index is 12.5. The lowest BCUT2D eigenvalue weighted by Gasteiger charge is -2.29. The summed E-state index contributed by atoms with van der Waals surface area (Å²) in [6.07, 6.45) is 1.68. The van der Waals surface area contributed by atoms with Gasteiger partial charge in [0, 0.05) is 30.2 Å². The molecule has 0 aliphatic carbocycles. The molecule has 8 heteroatoms. The zero-order valence-corrected chi connectivity index (χ0v) is 18.0. The standard InChI is InChI=1S/C22H25N5O2S/c1-16-6-7-20(12-17(16)2)27-15-23-25-22(27)30-14-21(28)24-18-4-3-5-19(13-18)26-8-10-29-11-9-26/h3-7,12-13,15H,8-11,14H2,1-2H3,(H,24,28). The highest BCUT2D eigenvalue weighted by Crippen LogP contribution is 2.23. The number of hydrogen-bond acceptors (Lipinski definition) is 6. The van der Waals surface area contributed by atoms with Gasteiger partial charge in [-0.15, -0.1) is 10.2 Å². The number of aromatic nitrogens is 3. The van der Waals surface area contributed by atoms with Gasteiger partial charge < -0.3 is 15.0 Å². The largest absolute Gasteiger partial charge is 0.378 e. The molecule has 0 saturated carbocycles. The lowest BCUT2D eigenvalue weighted by molar-refractivity contribution is -0.113. The molecule has 3 aromatic rings. The van der Waals surface area contributed by atoms with Crippen LogP contribution >= 0.6 is 11.8 Å². The highest BCUT2D eigenvalue weighted by atomic mass is 32.2. The Morgan fingerprint density at radius 2 is 1.93 bits per heavy atom. The molecule has 1 fully saturated rings. The summed E-state index contributed by atoms with van der Waals surface area (Å²) in [5.74, 6) is 0.180. The summed E-state index contributed by atoms with van der Waals surface area (Å²) < 4.78 is 7.32. The first-order chi connectivity index (χ1) is 14.6. The number of aryl methyl sites for hydroxylation is 2. The number of nitrogens with one attached hydrogen (secondary N) is 1. The summed E-state index contributed by atoms with van der Waals surface area (Å²) in [6.45, 7) is 7.35. The molecule has 7 nitrogen and oxygen atoms in total. The predicted octanol–water partition coefficient (Wildman–Crippen LogP) is 3.45. The van der Waals surface area contributed by atoms with Crippen molar-refractivity contribution in [3.63, 3.8) is 0 Å². The fourth-order valence-corrected chi connectivity index (χ4v) is 4.03. The molecule has 2 aromatic carbocycles. The third-order valence-corrected chi connectivity index (χ3v) is 6.07. The molecule has 0 radical (unpaired) electrons. The van der Waals surface area contributed by atoms with Crippen LogP contribution in [0.1, 0.15) is 11.1 Å². The molecule has 1 amide bonds. The number of anilines is 2. The normalized spacial score (nSPS) is 14.0. The van der Waals surface area contributed by atoms with Gasteiger partial charge in [0.05, 0.1) is 19.0 Å². The number of ether oxygens (including phenoxy) is 1. The van der Waals surface area contributed by atoms with Crippen molar-refractivity contribution in [3.05, 3.63) is 59.9 Å². The van der Waals surface area contributed by atoms with Crippen LogP contribution in [-0.4, -0.2) is 52.7 Å². The van der Waals surface area contributed by atoms with Crippen LogP contribution < -0.4 is 10.2 Å². The van der Waals surface area contributed by atoms with Crippen LogP contribution in [0.3, 0.4) is 0 Å². The third kappa shape index (κ3) is 4.83. The van der Waals surface area contributed by atoms with E-state index < -0.39 is 0 Å². The van der Waals surface area contributed by atoms with E-state index >= 15 is 0 Å². The molecule has 30 heavy (non-hydrogen) atoms. The minimum atomic E-state index is -0.0752. The van der Waals surface area contributed by atoms with Crippen molar-refractivity contribution in [1.29, 1.82) is 0 Å². The molecule has 1 aromatic heterocycles. The number of thioether (sulfide) groups is 1. The number of amides is 1. The first-order valence-corrected chi connectivity index (χ1v) is 10.9. The number of rotatable bonds is 6. The quantitative estimate of drug-likeness (QED) is 0.613. The zero-order valence-electron chi connectivity index (χ0n) is 17.2. The van der Waals surface area contributed by atoms with Crippen LogP contribution in [0.15, 0.2) is 53.9 Å². The Hall–Kier alpha value is -2.84. The number of carbonyl (C=O) groups excluding carboxylic acids is 1. The maximum Gasteiger partial charge on any atom is 0.234 e. The van der Waals surface area contributed by atoms with E-state index in [0.717, 1.165) is 43.4 Å². The van der Waals surface area contributed by atoms with E-state index in [0.29, 0.717) is 5.16 Å². The van der Waals surface area contributed by atoms with Crippen LogP contribution in [0.4, 0.5) is 11.4 Å². The Morgan fingerprint density at radius 3 is 2.73 bits per heavy atom. The summed E-state index contributed by atoms with van der Waals surface area (Å²) >= 11 is 1.37. The minimum Gasteiger partial charge on any atom is -0.378 e. The SMILES string of the molecule is Cc1ccc(-n2cnnc2SCC(=O)Nc2cccc(N3CCOCC3)c2)cc1C. The van der Waals surface area contributed by atoms with Crippen molar-refractivity contribution in [2.45, 2.75) is 19.0 Å². The zero-order chi connectivity index (χ0) is 20.9. The van der Waals surface area contributed by atoms with Crippen molar-refractivity contribution in [2.75, 3.05) is 42.3 Å². The highest BCUT2D eigenvalue weighted by molar-refractivity contribution is 7.99. The van der Waals surface area contributed by atoms with Gasteiger partial charge in [0.15, 0.2) is 5.16 Å². The molecule has 1 aliphatic heterocycles. The van der Waals surface area contributed by atoms with Crippen molar-refractivity contribution < 1.29 is 9.53 Å². The second-order valence-corrected chi connectivity index (χ2v) is 8.18. The monoisotopic (exact) mass is 423 g/mol. The number of benzene rings is 2. The lowest BCUT2D eigenvalue weighted by atomic mass is 10.1. The van der Waals surface area contributed by atoms with E-state index in [1.807, 2.05) is 28.8 Å². The van der Waals surface area contributed by atoms with Crippen molar-refractivity contribution in [1.82, 2.24) is 14.8 Å². The lowest BCUT2D eigenvalue weighted by Crippen LogP contribution is -2.36. The average molecular weight is 424 g/mol. The van der Waals surface area contributed by atoms with E-state index in [1.165, 1.54) is 22.9 Å². The summed E-state index contributed by atoms with van der Waals surface area (Å²) in [4.78, 5) is 14.8. The Kier molecular flexibility index (Phi) is 6.35. The van der Waals surface area contributed by atoms with Gasteiger partial charge in [-0.1, -0.05) is 23.9 Å². The molecule has 1 aliphatic rings. The van der Waals surface area contributed by atoms with E-state index in [-0.39, 0.29) is 11.7 Å². The van der Waals surface area contributed by atoms with E-state index in [2.05, 4.69) is 52.5 Å². The van der Waals surface area contributed by atoms with Crippen LogP contribution in [-0.2, 0) is 9.53 Å². The topological polar surface area (TPSA) is 72.3 Å². The van der Waals surface area contributed by atoms with Gasteiger partial charge in [0.1, 0.15) is 6.33 Å². The van der Waals surface area contributed by atoms with Gasteiger partial charge in [-0.25, -0.2) is 0 Å². The maximum atomic E-state index is 12.5. The van der Waals surface area contributed by atoms with Crippen LogP contribution in [0.5, 0.6) is 0 Å². The number of nitrogens with zero attached hydrogens (tertiary/aromatic N) is 4.